The fourth-order valence-electron chi connectivity index (χ4n) is 3.93. The molecule has 0 bridgehead atoms. The van der Waals surface area contributed by atoms with E-state index in [1.54, 1.807) is 19.3 Å². The highest BCUT2D eigenvalue weighted by Gasteiger charge is 2.29. The van der Waals surface area contributed by atoms with Gasteiger partial charge in [-0.1, -0.05) is 15.5 Å². The van der Waals surface area contributed by atoms with Crippen LogP contribution in [-0.4, -0.2) is 48.8 Å². The molecular weight excluding hydrogens is 372 g/mol. The second-order valence-electron chi connectivity index (χ2n) is 7.49. The number of hydrogen-bond acceptors (Lipinski definition) is 8. The van der Waals surface area contributed by atoms with Crippen molar-refractivity contribution in [1.82, 2.24) is 30.3 Å². The zero-order valence-corrected chi connectivity index (χ0v) is 16.9. The van der Waals surface area contributed by atoms with Crippen LogP contribution in [0.15, 0.2) is 21.5 Å². The smallest absolute Gasteiger partial charge is 0.229 e. The van der Waals surface area contributed by atoms with Crippen molar-refractivity contribution >= 4 is 5.91 Å². The van der Waals surface area contributed by atoms with Gasteiger partial charge < -0.3 is 9.42 Å². The third-order valence-electron chi connectivity index (χ3n) is 5.47. The van der Waals surface area contributed by atoms with Gasteiger partial charge in [-0.05, 0) is 46.5 Å². The Morgan fingerprint density at radius 2 is 2.03 bits per heavy atom. The third-order valence-corrected chi connectivity index (χ3v) is 5.47. The van der Waals surface area contributed by atoms with E-state index >= 15 is 0 Å². The van der Waals surface area contributed by atoms with Crippen LogP contribution in [0.3, 0.4) is 0 Å². The van der Waals surface area contributed by atoms with E-state index < -0.39 is 0 Å². The summed E-state index contributed by atoms with van der Waals surface area (Å²) in [5, 5.41) is 11.6. The van der Waals surface area contributed by atoms with Crippen LogP contribution in [-0.2, 0) is 17.6 Å². The number of carbonyl (C=O) groups is 1. The van der Waals surface area contributed by atoms with E-state index in [9.17, 15) is 4.79 Å². The highest BCUT2D eigenvalue weighted by atomic mass is 16.6. The van der Waals surface area contributed by atoms with Gasteiger partial charge in [0.2, 0.25) is 5.91 Å². The molecule has 0 N–H and O–H groups in total. The van der Waals surface area contributed by atoms with E-state index in [-0.39, 0.29) is 18.4 Å². The lowest BCUT2D eigenvalue weighted by molar-refractivity contribution is -0.131. The molecule has 1 fully saturated rings. The van der Waals surface area contributed by atoms with Gasteiger partial charge >= 0.3 is 0 Å². The summed E-state index contributed by atoms with van der Waals surface area (Å²) in [6.07, 6.45) is 7.36. The van der Waals surface area contributed by atoms with Gasteiger partial charge in [-0.25, -0.2) is 9.61 Å². The number of carbonyl (C=O) groups excluding carboxylic acids is 1. The van der Waals surface area contributed by atoms with Gasteiger partial charge in [0.05, 0.1) is 35.3 Å². The summed E-state index contributed by atoms with van der Waals surface area (Å²) in [4.78, 5) is 23.8. The molecule has 1 saturated heterocycles. The molecule has 1 aliphatic heterocycles. The maximum atomic E-state index is 12.7. The standard InChI is InChI=1S/C20H24N6O3/c1-12-17(25-29-24-12)9-19(27)26-8-4-5-16(26)7-6-15-10-21-11-18(22-15)20-13(2)23-28-14(20)3/h10-11,16H,4-9H2,1-3H3. The van der Waals surface area contributed by atoms with Crippen LogP contribution in [0.1, 0.15) is 47.8 Å². The van der Waals surface area contributed by atoms with Crippen LogP contribution < -0.4 is 0 Å². The summed E-state index contributed by atoms with van der Waals surface area (Å²) in [7, 11) is 0. The maximum Gasteiger partial charge on any atom is 0.229 e. The van der Waals surface area contributed by atoms with Crippen molar-refractivity contribution in [1.29, 1.82) is 0 Å². The summed E-state index contributed by atoms with van der Waals surface area (Å²) in [5.41, 5.74) is 4.65. The second-order valence-corrected chi connectivity index (χ2v) is 7.49. The Morgan fingerprint density at radius 3 is 2.76 bits per heavy atom. The first-order valence-corrected chi connectivity index (χ1v) is 9.84. The van der Waals surface area contributed by atoms with Gasteiger partial charge in [0, 0.05) is 18.8 Å². The molecule has 1 unspecified atom stereocenters. The Kier molecular flexibility index (Phi) is 5.37. The SMILES string of the molecule is Cc1nonc1CC(=O)N1CCCC1CCc1cncc(-c2c(C)noc2C)n1. The van der Waals surface area contributed by atoms with E-state index in [0.29, 0.717) is 11.4 Å². The number of aryl methyl sites for hydroxylation is 4. The molecule has 9 heteroatoms. The Balaban J connectivity index is 1.41. The first-order chi connectivity index (χ1) is 14.0. The highest BCUT2D eigenvalue weighted by Crippen LogP contribution is 2.26. The van der Waals surface area contributed by atoms with Crippen molar-refractivity contribution in [2.75, 3.05) is 6.54 Å². The molecule has 0 aliphatic carbocycles. The molecule has 29 heavy (non-hydrogen) atoms. The van der Waals surface area contributed by atoms with Crippen LogP contribution in [0.25, 0.3) is 11.3 Å². The molecule has 3 aromatic heterocycles. The normalized spacial score (nSPS) is 16.5. The van der Waals surface area contributed by atoms with Crippen molar-refractivity contribution in [2.24, 2.45) is 0 Å². The molecule has 0 radical (unpaired) electrons. The van der Waals surface area contributed by atoms with E-state index in [2.05, 4.69) is 20.5 Å². The minimum absolute atomic E-state index is 0.0712. The van der Waals surface area contributed by atoms with Crippen LogP contribution in [0.5, 0.6) is 0 Å². The fourth-order valence-corrected chi connectivity index (χ4v) is 3.93. The van der Waals surface area contributed by atoms with Gasteiger partial charge in [0.15, 0.2) is 0 Å². The average molecular weight is 396 g/mol. The van der Waals surface area contributed by atoms with Gasteiger partial charge in [0.25, 0.3) is 0 Å². The number of hydrogen-bond donors (Lipinski definition) is 0. The second kappa shape index (κ2) is 8.10. The zero-order valence-electron chi connectivity index (χ0n) is 16.9. The van der Waals surface area contributed by atoms with E-state index in [1.165, 1.54) is 0 Å². The maximum absolute atomic E-state index is 12.7. The minimum Gasteiger partial charge on any atom is -0.361 e. The molecule has 4 rings (SSSR count). The van der Waals surface area contributed by atoms with Crippen molar-refractivity contribution in [3.05, 3.63) is 40.9 Å². The molecule has 3 aromatic rings. The number of aromatic nitrogens is 5. The summed E-state index contributed by atoms with van der Waals surface area (Å²) in [5.74, 6) is 0.806. The third kappa shape index (κ3) is 4.03. The van der Waals surface area contributed by atoms with Crippen LogP contribution in [0.2, 0.25) is 0 Å². The number of nitrogens with zero attached hydrogens (tertiary/aromatic N) is 6. The molecule has 1 atom stereocenters. The van der Waals surface area contributed by atoms with Crippen LogP contribution in [0.4, 0.5) is 0 Å². The molecule has 1 amide bonds. The van der Waals surface area contributed by atoms with Crippen LogP contribution >= 0.6 is 0 Å². The molecule has 0 saturated carbocycles. The molecule has 152 valence electrons. The lowest BCUT2D eigenvalue weighted by Crippen LogP contribution is -2.37. The first kappa shape index (κ1) is 19.2. The molecule has 1 aliphatic rings. The lowest BCUT2D eigenvalue weighted by Gasteiger charge is -2.24. The monoisotopic (exact) mass is 396 g/mol. The molecular formula is C20H24N6O3. The van der Waals surface area contributed by atoms with Gasteiger partial charge in [-0.3, -0.25) is 9.78 Å². The lowest BCUT2D eigenvalue weighted by atomic mass is 10.1. The predicted octanol–water partition coefficient (Wildman–Crippen LogP) is 2.61. The van der Waals surface area contributed by atoms with Gasteiger partial charge in [0.1, 0.15) is 17.1 Å². The Morgan fingerprint density at radius 1 is 1.17 bits per heavy atom. The minimum atomic E-state index is 0.0712. The first-order valence-electron chi connectivity index (χ1n) is 9.84. The van der Waals surface area contributed by atoms with Gasteiger partial charge in [-0.15, -0.1) is 0 Å². The van der Waals surface area contributed by atoms with E-state index in [0.717, 1.165) is 60.6 Å². The molecule has 0 aromatic carbocycles. The summed E-state index contributed by atoms with van der Waals surface area (Å²) >= 11 is 0. The van der Waals surface area contributed by atoms with Gasteiger partial charge in [-0.2, -0.15) is 0 Å². The summed E-state index contributed by atoms with van der Waals surface area (Å²) in [6.45, 7) is 6.34. The molecule has 9 nitrogen and oxygen atoms in total. The quantitative estimate of drug-likeness (QED) is 0.625. The highest BCUT2D eigenvalue weighted by molar-refractivity contribution is 5.79. The van der Waals surface area contributed by atoms with E-state index in [4.69, 9.17) is 14.1 Å². The van der Waals surface area contributed by atoms with Crippen molar-refractivity contribution in [2.45, 2.75) is 58.9 Å². The number of rotatable bonds is 6. The zero-order chi connectivity index (χ0) is 20.4. The molecule has 4 heterocycles. The summed E-state index contributed by atoms with van der Waals surface area (Å²) < 4.78 is 9.95. The number of amides is 1. The topological polar surface area (TPSA) is 111 Å². The van der Waals surface area contributed by atoms with Crippen molar-refractivity contribution in [3.8, 4) is 11.3 Å². The predicted molar refractivity (Wildman–Crippen MR) is 103 cm³/mol. The average Bonchev–Trinajstić information content (AvgIpc) is 3.42. The Labute approximate surface area is 168 Å². The van der Waals surface area contributed by atoms with E-state index in [1.807, 2.05) is 18.7 Å². The van der Waals surface area contributed by atoms with Crippen molar-refractivity contribution < 1.29 is 13.9 Å². The molecule has 0 spiro atoms. The Bertz CT molecular complexity index is 992. The van der Waals surface area contributed by atoms with Crippen LogP contribution in [0, 0.1) is 20.8 Å². The summed E-state index contributed by atoms with van der Waals surface area (Å²) in [6, 6.07) is 0.201. The fraction of sp³-hybridized carbons (Fsp3) is 0.500. The Hall–Kier alpha value is -3.10. The number of likely N-dealkylation sites (tertiary alicyclic amines) is 1. The van der Waals surface area contributed by atoms with Crippen molar-refractivity contribution in [3.63, 3.8) is 0 Å². The largest absolute Gasteiger partial charge is 0.361 e.